The van der Waals surface area contributed by atoms with Crippen LogP contribution in [0.2, 0.25) is 0 Å². The van der Waals surface area contributed by atoms with Gasteiger partial charge in [0.2, 0.25) is 0 Å². The van der Waals surface area contributed by atoms with Crippen molar-refractivity contribution in [3.8, 4) is 0 Å². The SMILES string of the molecule is CC.CCC(C)(CO)c1ccc(C)cc1. The molecule has 86 valence electrons. The van der Waals surface area contributed by atoms with Crippen molar-refractivity contribution in [3.63, 3.8) is 0 Å². The number of aryl methyl sites for hydroxylation is 1. The lowest BCUT2D eigenvalue weighted by Gasteiger charge is -2.26. The Morgan fingerprint density at radius 1 is 1.13 bits per heavy atom. The first-order valence-electron chi connectivity index (χ1n) is 5.80. The molecule has 1 nitrogen and oxygen atoms in total. The quantitative estimate of drug-likeness (QED) is 0.803. The van der Waals surface area contributed by atoms with E-state index in [-0.39, 0.29) is 12.0 Å². The number of aliphatic hydroxyl groups is 1. The summed E-state index contributed by atoms with van der Waals surface area (Å²) >= 11 is 0. The van der Waals surface area contributed by atoms with E-state index in [9.17, 15) is 5.11 Å². The second-order valence-electron chi connectivity index (χ2n) is 3.94. The highest BCUT2D eigenvalue weighted by Crippen LogP contribution is 2.26. The van der Waals surface area contributed by atoms with Crippen LogP contribution >= 0.6 is 0 Å². The van der Waals surface area contributed by atoms with E-state index in [0.717, 1.165) is 6.42 Å². The molecular formula is C14H24O. The van der Waals surface area contributed by atoms with Crippen LogP contribution in [0.5, 0.6) is 0 Å². The van der Waals surface area contributed by atoms with E-state index < -0.39 is 0 Å². The van der Waals surface area contributed by atoms with Crippen LogP contribution in [0, 0.1) is 6.92 Å². The van der Waals surface area contributed by atoms with Gasteiger partial charge in [0.1, 0.15) is 0 Å². The highest BCUT2D eigenvalue weighted by atomic mass is 16.3. The third-order valence-corrected chi connectivity index (χ3v) is 2.88. The van der Waals surface area contributed by atoms with Crippen LogP contribution in [0.3, 0.4) is 0 Å². The topological polar surface area (TPSA) is 20.2 Å². The molecule has 1 aromatic rings. The minimum Gasteiger partial charge on any atom is -0.395 e. The maximum Gasteiger partial charge on any atom is 0.0525 e. The third-order valence-electron chi connectivity index (χ3n) is 2.88. The van der Waals surface area contributed by atoms with Crippen LogP contribution in [0.4, 0.5) is 0 Å². The van der Waals surface area contributed by atoms with Gasteiger partial charge in [-0.1, -0.05) is 57.5 Å². The summed E-state index contributed by atoms with van der Waals surface area (Å²) in [5, 5.41) is 9.31. The fourth-order valence-corrected chi connectivity index (χ4v) is 1.36. The minimum atomic E-state index is -0.0757. The standard InChI is InChI=1S/C12H18O.C2H6/c1-4-12(3,9-13)11-7-5-10(2)6-8-11;1-2/h5-8,13H,4,9H2,1-3H3;1-2H3. The van der Waals surface area contributed by atoms with Crippen molar-refractivity contribution in [1.82, 2.24) is 0 Å². The smallest absolute Gasteiger partial charge is 0.0525 e. The second-order valence-corrected chi connectivity index (χ2v) is 3.94. The molecule has 1 rings (SSSR count). The number of hydrogen-bond donors (Lipinski definition) is 1. The van der Waals surface area contributed by atoms with Gasteiger partial charge >= 0.3 is 0 Å². The second kappa shape index (κ2) is 6.62. The molecule has 1 unspecified atom stereocenters. The van der Waals surface area contributed by atoms with Crippen LogP contribution in [0.25, 0.3) is 0 Å². The molecule has 15 heavy (non-hydrogen) atoms. The first-order valence-corrected chi connectivity index (χ1v) is 5.80. The summed E-state index contributed by atoms with van der Waals surface area (Å²) in [4.78, 5) is 0. The van der Waals surface area contributed by atoms with E-state index in [2.05, 4.69) is 45.0 Å². The van der Waals surface area contributed by atoms with E-state index in [1.807, 2.05) is 13.8 Å². The molecule has 0 aliphatic heterocycles. The third kappa shape index (κ3) is 3.67. The van der Waals surface area contributed by atoms with E-state index in [1.165, 1.54) is 11.1 Å². The normalized spacial score (nSPS) is 13.7. The first kappa shape index (κ1) is 14.2. The zero-order valence-electron chi connectivity index (χ0n) is 10.7. The van der Waals surface area contributed by atoms with Gasteiger partial charge in [-0.15, -0.1) is 0 Å². The van der Waals surface area contributed by atoms with E-state index in [0.29, 0.717) is 0 Å². The van der Waals surface area contributed by atoms with Gasteiger partial charge < -0.3 is 5.11 Å². The molecule has 0 saturated heterocycles. The Hall–Kier alpha value is -0.820. The van der Waals surface area contributed by atoms with Crippen molar-refractivity contribution in [2.45, 2.75) is 46.5 Å². The summed E-state index contributed by atoms with van der Waals surface area (Å²) in [6.45, 7) is 10.5. The number of rotatable bonds is 3. The molecule has 0 aliphatic carbocycles. The maximum absolute atomic E-state index is 9.31. The van der Waals surface area contributed by atoms with Crippen molar-refractivity contribution < 1.29 is 5.11 Å². The Morgan fingerprint density at radius 2 is 1.60 bits per heavy atom. The van der Waals surface area contributed by atoms with Gasteiger partial charge in [-0.05, 0) is 18.9 Å². The summed E-state index contributed by atoms with van der Waals surface area (Å²) in [6, 6.07) is 8.40. The van der Waals surface area contributed by atoms with E-state index >= 15 is 0 Å². The average molecular weight is 208 g/mol. The lowest BCUT2D eigenvalue weighted by Crippen LogP contribution is -2.25. The summed E-state index contributed by atoms with van der Waals surface area (Å²) in [6.07, 6.45) is 0.965. The zero-order chi connectivity index (χ0) is 11.9. The fourth-order valence-electron chi connectivity index (χ4n) is 1.36. The van der Waals surface area contributed by atoms with Crippen molar-refractivity contribution in [1.29, 1.82) is 0 Å². The molecule has 0 bridgehead atoms. The highest BCUT2D eigenvalue weighted by Gasteiger charge is 2.22. The lowest BCUT2D eigenvalue weighted by molar-refractivity contribution is 0.201. The van der Waals surface area contributed by atoms with Gasteiger partial charge in [-0.3, -0.25) is 0 Å². The molecule has 0 aliphatic rings. The number of benzene rings is 1. The Balaban J connectivity index is 0.000000921. The number of aliphatic hydroxyl groups excluding tert-OH is 1. The summed E-state index contributed by atoms with van der Waals surface area (Å²) < 4.78 is 0. The molecule has 0 aromatic heterocycles. The van der Waals surface area contributed by atoms with Gasteiger partial charge in [0.25, 0.3) is 0 Å². The van der Waals surface area contributed by atoms with Gasteiger partial charge in [-0.25, -0.2) is 0 Å². The summed E-state index contributed by atoms with van der Waals surface area (Å²) in [5.41, 5.74) is 2.41. The molecule has 0 radical (unpaired) electrons. The summed E-state index contributed by atoms with van der Waals surface area (Å²) in [7, 11) is 0. The fraction of sp³-hybridized carbons (Fsp3) is 0.571. The monoisotopic (exact) mass is 208 g/mol. The Kier molecular flexibility index (Phi) is 6.26. The Morgan fingerprint density at radius 3 is 1.93 bits per heavy atom. The highest BCUT2D eigenvalue weighted by molar-refractivity contribution is 5.28. The van der Waals surface area contributed by atoms with Gasteiger partial charge in [0.05, 0.1) is 6.61 Å². The number of hydrogen-bond acceptors (Lipinski definition) is 1. The molecule has 0 spiro atoms. The largest absolute Gasteiger partial charge is 0.395 e. The van der Waals surface area contributed by atoms with Crippen molar-refractivity contribution in [2.75, 3.05) is 6.61 Å². The van der Waals surface area contributed by atoms with Crippen LogP contribution < -0.4 is 0 Å². The van der Waals surface area contributed by atoms with Crippen LogP contribution in [-0.2, 0) is 5.41 Å². The molecule has 0 heterocycles. The molecule has 0 fully saturated rings. The van der Waals surface area contributed by atoms with Crippen molar-refractivity contribution >= 4 is 0 Å². The predicted octanol–water partition coefficient (Wildman–Crippen LogP) is 3.68. The minimum absolute atomic E-state index is 0.0757. The van der Waals surface area contributed by atoms with E-state index in [1.54, 1.807) is 0 Å². The predicted molar refractivity (Wildman–Crippen MR) is 67.3 cm³/mol. The van der Waals surface area contributed by atoms with Gasteiger partial charge in [0, 0.05) is 5.41 Å². The van der Waals surface area contributed by atoms with Crippen LogP contribution in [0.1, 0.15) is 45.2 Å². The van der Waals surface area contributed by atoms with Crippen molar-refractivity contribution in [2.24, 2.45) is 0 Å². The molecule has 1 heteroatoms. The first-order chi connectivity index (χ1) is 7.12. The zero-order valence-corrected chi connectivity index (χ0v) is 10.7. The average Bonchev–Trinajstić information content (AvgIpc) is 2.31. The van der Waals surface area contributed by atoms with Crippen LogP contribution in [-0.4, -0.2) is 11.7 Å². The van der Waals surface area contributed by atoms with E-state index in [4.69, 9.17) is 0 Å². The van der Waals surface area contributed by atoms with Crippen LogP contribution in [0.15, 0.2) is 24.3 Å². The molecule has 1 atom stereocenters. The lowest BCUT2D eigenvalue weighted by atomic mass is 9.81. The van der Waals surface area contributed by atoms with Crippen molar-refractivity contribution in [3.05, 3.63) is 35.4 Å². The molecule has 0 saturated carbocycles. The molecule has 1 aromatic carbocycles. The van der Waals surface area contributed by atoms with Gasteiger partial charge in [-0.2, -0.15) is 0 Å². The maximum atomic E-state index is 9.31. The summed E-state index contributed by atoms with van der Waals surface area (Å²) in [5.74, 6) is 0. The molecule has 1 N–H and O–H groups in total. The van der Waals surface area contributed by atoms with Gasteiger partial charge in [0.15, 0.2) is 0 Å². The molecular weight excluding hydrogens is 184 g/mol. The molecule has 0 amide bonds. The Labute approximate surface area is 94.2 Å². The Bertz CT molecular complexity index is 257.